The van der Waals surface area contributed by atoms with Crippen LogP contribution in [0.15, 0.2) is 48.5 Å². The molecule has 0 saturated heterocycles. The molecule has 0 amide bonds. The van der Waals surface area contributed by atoms with Crippen molar-refractivity contribution in [1.82, 2.24) is 0 Å². The van der Waals surface area contributed by atoms with Gasteiger partial charge in [0.05, 0.1) is 8.07 Å². The smallest absolute Gasteiger partial charge is 0.119 e. The standard InChI is InChI=1S/C17H21BrOSi/c1-20(2,3)17-10-6-15(7-11-17)13-19-16-8-4-14(12-18)5-9-16/h4-11H,12-13H2,1-3H3. The summed E-state index contributed by atoms with van der Waals surface area (Å²) in [6, 6.07) is 17.1. The lowest BCUT2D eigenvalue weighted by molar-refractivity contribution is 0.306. The summed E-state index contributed by atoms with van der Waals surface area (Å²) in [5.74, 6) is 0.920. The molecule has 0 fully saturated rings. The van der Waals surface area contributed by atoms with Gasteiger partial charge in [0.1, 0.15) is 12.4 Å². The molecule has 20 heavy (non-hydrogen) atoms. The number of benzene rings is 2. The minimum Gasteiger partial charge on any atom is -0.489 e. The third-order valence-corrected chi connectivity index (χ3v) is 6.02. The Labute approximate surface area is 131 Å². The molecule has 0 saturated carbocycles. The van der Waals surface area contributed by atoms with E-state index in [0.29, 0.717) is 6.61 Å². The molecule has 0 radical (unpaired) electrons. The van der Waals surface area contributed by atoms with Gasteiger partial charge >= 0.3 is 0 Å². The van der Waals surface area contributed by atoms with Gasteiger partial charge in [0.25, 0.3) is 0 Å². The molecular weight excluding hydrogens is 328 g/mol. The van der Waals surface area contributed by atoms with Crippen molar-refractivity contribution in [1.29, 1.82) is 0 Å². The molecule has 3 heteroatoms. The molecule has 0 atom stereocenters. The van der Waals surface area contributed by atoms with E-state index in [1.165, 1.54) is 16.3 Å². The third kappa shape index (κ3) is 4.22. The molecule has 2 rings (SSSR count). The topological polar surface area (TPSA) is 9.23 Å². The van der Waals surface area contributed by atoms with E-state index in [9.17, 15) is 0 Å². The molecule has 2 aromatic carbocycles. The second kappa shape index (κ2) is 6.59. The van der Waals surface area contributed by atoms with Crippen LogP contribution >= 0.6 is 15.9 Å². The molecule has 0 aliphatic rings. The van der Waals surface area contributed by atoms with E-state index in [0.717, 1.165) is 11.1 Å². The van der Waals surface area contributed by atoms with Crippen LogP contribution in [0, 0.1) is 0 Å². The van der Waals surface area contributed by atoms with Crippen LogP contribution in [-0.2, 0) is 11.9 Å². The molecule has 0 aliphatic heterocycles. The molecule has 0 aliphatic carbocycles. The molecular formula is C17H21BrOSi. The van der Waals surface area contributed by atoms with E-state index in [1.54, 1.807) is 0 Å². The minimum atomic E-state index is -1.20. The summed E-state index contributed by atoms with van der Waals surface area (Å²) in [6.07, 6.45) is 0. The fraction of sp³-hybridized carbons (Fsp3) is 0.294. The zero-order valence-electron chi connectivity index (χ0n) is 12.3. The lowest BCUT2D eigenvalue weighted by Gasteiger charge is -2.16. The van der Waals surface area contributed by atoms with Crippen molar-refractivity contribution in [2.24, 2.45) is 0 Å². The molecule has 0 N–H and O–H groups in total. The zero-order chi connectivity index (χ0) is 14.6. The average Bonchev–Trinajstić information content (AvgIpc) is 2.45. The fourth-order valence-corrected chi connectivity index (χ4v) is 3.48. The monoisotopic (exact) mass is 348 g/mol. The Morgan fingerprint density at radius 3 is 1.90 bits per heavy atom. The van der Waals surface area contributed by atoms with E-state index in [1.807, 2.05) is 12.1 Å². The van der Waals surface area contributed by atoms with E-state index < -0.39 is 8.07 Å². The van der Waals surface area contributed by atoms with E-state index >= 15 is 0 Å². The van der Waals surface area contributed by atoms with Crippen LogP contribution in [-0.4, -0.2) is 8.07 Å². The summed E-state index contributed by atoms with van der Waals surface area (Å²) < 4.78 is 5.81. The van der Waals surface area contributed by atoms with Crippen LogP contribution in [0.4, 0.5) is 0 Å². The van der Waals surface area contributed by atoms with E-state index in [2.05, 4.69) is 72.0 Å². The maximum atomic E-state index is 5.81. The molecule has 0 bridgehead atoms. The van der Waals surface area contributed by atoms with Gasteiger partial charge in [-0.15, -0.1) is 0 Å². The second-order valence-corrected chi connectivity index (χ2v) is 11.7. The van der Waals surface area contributed by atoms with Gasteiger partial charge in [-0.05, 0) is 23.3 Å². The Kier molecular flexibility index (Phi) is 5.05. The molecule has 0 aromatic heterocycles. The number of hydrogen-bond acceptors (Lipinski definition) is 1. The Morgan fingerprint density at radius 2 is 1.40 bits per heavy atom. The van der Waals surface area contributed by atoms with Crippen LogP contribution in [0.2, 0.25) is 19.6 Å². The summed E-state index contributed by atoms with van der Waals surface area (Å²) in [6.45, 7) is 7.72. The molecule has 0 unspecified atom stereocenters. The Morgan fingerprint density at radius 1 is 0.850 bits per heavy atom. The fourth-order valence-electron chi connectivity index (χ4n) is 1.94. The van der Waals surface area contributed by atoms with Crippen LogP contribution in [0.3, 0.4) is 0 Å². The SMILES string of the molecule is C[Si](C)(C)c1ccc(COc2ccc(CBr)cc2)cc1. The molecule has 2 aromatic rings. The van der Waals surface area contributed by atoms with E-state index in [4.69, 9.17) is 4.74 Å². The maximum absolute atomic E-state index is 5.81. The predicted octanol–water partition coefficient (Wildman–Crippen LogP) is 4.71. The normalized spacial score (nSPS) is 11.4. The summed E-state index contributed by atoms with van der Waals surface area (Å²) >= 11 is 3.44. The molecule has 106 valence electrons. The minimum absolute atomic E-state index is 0.625. The van der Waals surface area contributed by atoms with Gasteiger partial charge in [0.15, 0.2) is 0 Å². The van der Waals surface area contributed by atoms with Gasteiger partial charge in [-0.2, -0.15) is 0 Å². The Balaban J connectivity index is 1.96. The average molecular weight is 349 g/mol. The summed E-state index contributed by atoms with van der Waals surface area (Å²) in [7, 11) is -1.20. The molecule has 1 nitrogen and oxygen atoms in total. The lowest BCUT2D eigenvalue weighted by atomic mass is 10.2. The van der Waals surface area contributed by atoms with Crippen molar-refractivity contribution >= 4 is 29.2 Å². The zero-order valence-corrected chi connectivity index (χ0v) is 14.9. The highest BCUT2D eigenvalue weighted by molar-refractivity contribution is 9.08. The summed E-state index contributed by atoms with van der Waals surface area (Å²) in [5, 5.41) is 2.37. The van der Waals surface area contributed by atoms with Crippen LogP contribution in [0.5, 0.6) is 5.75 Å². The quantitative estimate of drug-likeness (QED) is 0.561. The largest absolute Gasteiger partial charge is 0.489 e. The second-order valence-electron chi connectivity index (χ2n) is 6.01. The first-order valence-electron chi connectivity index (χ1n) is 6.86. The Hall–Kier alpha value is -1.06. The van der Waals surface area contributed by atoms with Crippen molar-refractivity contribution in [2.45, 2.75) is 31.6 Å². The number of rotatable bonds is 5. The first-order valence-corrected chi connectivity index (χ1v) is 11.5. The number of ether oxygens (including phenoxy) is 1. The van der Waals surface area contributed by atoms with Gasteiger partial charge < -0.3 is 4.74 Å². The summed E-state index contributed by atoms with van der Waals surface area (Å²) in [4.78, 5) is 0. The third-order valence-electron chi connectivity index (χ3n) is 3.30. The van der Waals surface area contributed by atoms with Gasteiger partial charge in [0.2, 0.25) is 0 Å². The first kappa shape index (κ1) is 15.3. The van der Waals surface area contributed by atoms with Crippen molar-refractivity contribution in [3.8, 4) is 5.75 Å². The van der Waals surface area contributed by atoms with Gasteiger partial charge in [-0.3, -0.25) is 0 Å². The maximum Gasteiger partial charge on any atom is 0.119 e. The highest BCUT2D eigenvalue weighted by atomic mass is 79.9. The van der Waals surface area contributed by atoms with Crippen molar-refractivity contribution in [3.05, 3.63) is 59.7 Å². The Bertz CT molecular complexity index is 541. The van der Waals surface area contributed by atoms with Gasteiger partial charge in [-0.1, -0.05) is 77.2 Å². The molecule has 0 heterocycles. The van der Waals surface area contributed by atoms with Crippen LogP contribution in [0.25, 0.3) is 0 Å². The van der Waals surface area contributed by atoms with Crippen molar-refractivity contribution in [3.63, 3.8) is 0 Å². The highest BCUT2D eigenvalue weighted by Gasteiger charge is 2.15. The number of hydrogen-bond donors (Lipinski definition) is 0. The highest BCUT2D eigenvalue weighted by Crippen LogP contribution is 2.15. The number of halogens is 1. The van der Waals surface area contributed by atoms with Gasteiger partial charge in [0, 0.05) is 5.33 Å². The van der Waals surface area contributed by atoms with Gasteiger partial charge in [-0.25, -0.2) is 0 Å². The van der Waals surface area contributed by atoms with Crippen molar-refractivity contribution < 1.29 is 4.74 Å². The van der Waals surface area contributed by atoms with E-state index in [-0.39, 0.29) is 0 Å². The molecule has 0 spiro atoms. The summed E-state index contributed by atoms with van der Waals surface area (Å²) in [5.41, 5.74) is 2.48. The number of alkyl halides is 1. The predicted molar refractivity (Wildman–Crippen MR) is 92.8 cm³/mol. The lowest BCUT2D eigenvalue weighted by Crippen LogP contribution is -2.37. The van der Waals surface area contributed by atoms with Crippen LogP contribution in [0.1, 0.15) is 11.1 Å². The van der Waals surface area contributed by atoms with Crippen molar-refractivity contribution in [2.75, 3.05) is 0 Å². The van der Waals surface area contributed by atoms with Crippen LogP contribution < -0.4 is 9.92 Å². The first-order chi connectivity index (χ1) is 9.49.